The van der Waals surface area contributed by atoms with Gasteiger partial charge in [-0.15, -0.1) is 11.3 Å². The van der Waals surface area contributed by atoms with Crippen LogP contribution in [0, 0.1) is 0 Å². The van der Waals surface area contributed by atoms with Crippen molar-refractivity contribution in [3.63, 3.8) is 0 Å². The first-order valence-electron chi connectivity index (χ1n) is 16.5. The normalized spacial score (nSPS) is 12.1. The topological polar surface area (TPSA) is 38.7 Å². The smallest absolute Gasteiger partial charge is 0.0972 e. The van der Waals surface area contributed by atoms with Crippen LogP contribution in [0.4, 0.5) is 0 Å². The molecule has 226 valence electrons. The van der Waals surface area contributed by atoms with Crippen LogP contribution in [0.1, 0.15) is 0 Å². The van der Waals surface area contributed by atoms with E-state index in [9.17, 15) is 0 Å². The summed E-state index contributed by atoms with van der Waals surface area (Å²) in [5.41, 5.74) is 7.00. The van der Waals surface area contributed by atoms with Crippen molar-refractivity contribution in [1.29, 1.82) is 0 Å². The highest BCUT2D eigenvalue weighted by Gasteiger charge is 2.19. The molecule has 4 aromatic heterocycles. The van der Waals surface area contributed by atoms with Gasteiger partial charge in [-0.1, -0.05) is 109 Å². The molecule has 0 fully saturated rings. The fourth-order valence-electron chi connectivity index (χ4n) is 7.76. The SMILES string of the molecule is c1ccc2cc3c(-c4nc5ccc6c7ccccc7sc6c5c5ccccc45)ccc(-c4ccc5ccc6cccnc6c5n4)c3cc2c1. The second-order valence-electron chi connectivity index (χ2n) is 12.8. The third-order valence-corrected chi connectivity index (χ3v) is 11.3. The first kappa shape index (κ1) is 26.8. The maximum atomic E-state index is 5.48. The van der Waals surface area contributed by atoms with Gasteiger partial charge < -0.3 is 0 Å². The van der Waals surface area contributed by atoms with E-state index in [1.807, 2.05) is 23.6 Å². The lowest BCUT2D eigenvalue weighted by molar-refractivity contribution is 1.37. The number of nitrogens with zero attached hydrogens (tertiary/aromatic N) is 3. The number of pyridine rings is 3. The van der Waals surface area contributed by atoms with Gasteiger partial charge in [-0.25, -0.2) is 9.97 Å². The highest BCUT2D eigenvalue weighted by atomic mass is 32.1. The molecule has 0 atom stereocenters. The van der Waals surface area contributed by atoms with Crippen molar-refractivity contribution in [1.82, 2.24) is 15.0 Å². The van der Waals surface area contributed by atoms with E-state index in [4.69, 9.17) is 15.0 Å². The first-order valence-corrected chi connectivity index (χ1v) is 17.3. The average Bonchev–Trinajstić information content (AvgIpc) is 3.55. The van der Waals surface area contributed by atoms with Crippen LogP contribution >= 0.6 is 11.3 Å². The molecule has 0 aliphatic rings. The number of fused-ring (bicyclic) bond motifs is 12. The van der Waals surface area contributed by atoms with Gasteiger partial charge >= 0.3 is 0 Å². The fraction of sp³-hybridized carbons (Fsp3) is 0. The van der Waals surface area contributed by atoms with Gasteiger partial charge in [-0.2, -0.15) is 0 Å². The summed E-state index contributed by atoms with van der Waals surface area (Å²) in [6.07, 6.45) is 1.85. The predicted molar refractivity (Wildman–Crippen MR) is 209 cm³/mol. The summed E-state index contributed by atoms with van der Waals surface area (Å²) in [5, 5.41) is 13.1. The van der Waals surface area contributed by atoms with Crippen molar-refractivity contribution in [2.24, 2.45) is 0 Å². The Hall–Kier alpha value is -6.23. The van der Waals surface area contributed by atoms with E-state index < -0.39 is 0 Å². The van der Waals surface area contributed by atoms with Crippen LogP contribution in [0.25, 0.3) is 108 Å². The zero-order valence-corrected chi connectivity index (χ0v) is 27.0. The lowest BCUT2D eigenvalue weighted by Gasteiger charge is -2.16. The van der Waals surface area contributed by atoms with Crippen LogP contribution < -0.4 is 0 Å². The molecule has 11 aromatic rings. The van der Waals surface area contributed by atoms with Crippen LogP contribution in [0.15, 0.2) is 152 Å². The van der Waals surface area contributed by atoms with E-state index in [-0.39, 0.29) is 0 Å². The van der Waals surface area contributed by atoms with Gasteiger partial charge in [0.2, 0.25) is 0 Å². The van der Waals surface area contributed by atoms with E-state index >= 15 is 0 Å². The Bertz CT molecular complexity index is 3180. The van der Waals surface area contributed by atoms with Crippen LogP contribution in [0.2, 0.25) is 0 Å². The Balaban J connectivity index is 1.22. The zero-order chi connectivity index (χ0) is 32.1. The minimum Gasteiger partial charge on any atom is -0.254 e. The Morgan fingerprint density at radius 3 is 1.96 bits per heavy atom. The van der Waals surface area contributed by atoms with Gasteiger partial charge in [-0.3, -0.25) is 4.98 Å². The van der Waals surface area contributed by atoms with Crippen LogP contribution in [-0.2, 0) is 0 Å². The summed E-state index contributed by atoms with van der Waals surface area (Å²) in [6, 6.07) is 52.3. The molecule has 0 amide bonds. The summed E-state index contributed by atoms with van der Waals surface area (Å²) in [7, 11) is 0. The van der Waals surface area contributed by atoms with Crippen molar-refractivity contribution in [2.45, 2.75) is 0 Å². The summed E-state index contributed by atoms with van der Waals surface area (Å²) in [4.78, 5) is 15.5. The summed E-state index contributed by atoms with van der Waals surface area (Å²) in [5.74, 6) is 0. The van der Waals surface area contributed by atoms with Gasteiger partial charge in [0.05, 0.1) is 27.9 Å². The fourth-order valence-corrected chi connectivity index (χ4v) is 9.02. The minimum absolute atomic E-state index is 0.920. The van der Waals surface area contributed by atoms with E-state index in [1.54, 1.807) is 0 Å². The zero-order valence-electron chi connectivity index (χ0n) is 26.2. The first-order chi connectivity index (χ1) is 24.3. The van der Waals surface area contributed by atoms with Crippen LogP contribution in [-0.4, -0.2) is 15.0 Å². The lowest BCUT2D eigenvalue weighted by atomic mass is 9.91. The monoisotopic (exact) mass is 639 g/mol. The molecular formula is C45H25N3S. The molecule has 0 saturated carbocycles. The van der Waals surface area contributed by atoms with E-state index in [0.717, 1.165) is 66.0 Å². The summed E-state index contributed by atoms with van der Waals surface area (Å²) < 4.78 is 2.60. The van der Waals surface area contributed by atoms with Crippen LogP contribution in [0.3, 0.4) is 0 Å². The van der Waals surface area contributed by atoms with Gasteiger partial charge in [0.25, 0.3) is 0 Å². The molecule has 0 unspecified atom stereocenters. The molecule has 0 bridgehead atoms. The summed E-state index contributed by atoms with van der Waals surface area (Å²) in [6.45, 7) is 0. The molecule has 0 spiro atoms. The van der Waals surface area contributed by atoms with Crippen molar-refractivity contribution in [3.8, 4) is 22.5 Å². The number of aromatic nitrogens is 3. The highest BCUT2D eigenvalue weighted by Crippen LogP contribution is 2.44. The van der Waals surface area contributed by atoms with Gasteiger partial charge in [0, 0.05) is 59.0 Å². The van der Waals surface area contributed by atoms with Crippen molar-refractivity contribution in [2.75, 3.05) is 0 Å². The predicted octanol–water partition coefficient (Wildman–Crippen LogP) is 12.5. The molecule has 11 rings (SSSR count). The molecule has 0 aliphatic heterocycles. The lowest BCUT2D eigenvalue weighted by Crippen LogP contribution is -1.94. The number of rotatable bonds is 2. The van der Waals surface area contributed by atoms with E-state index in [0.29, 0.717) is 0 Å². The van der Waals surface area contributed by atoms with Gasteiger partial charge in [0.1, 0.15) is 0 Å². The second kappa shape index (κ2) is 10.1. The third-order valence-electron chi connectivity index (χ3n) is 10.1. The molecule has 49 heavy (non-hydrogen) atoms. The number of hydrogen-bond acceptors (Lipinski definition) is 4. The second-order valence-corrected chi connectivity index (χ2v) is 13.8. The van der Waals surface area contributed by atoms with Crippen molar-refractivity contribution >= 4 is 96.5 Å². The minimum atomic E-state index is 0.920. The largest absolute Gasteiger partial charge is 0.254 e. The Kier molecular flexibility index (Phi) is 5.54. The van der Waals surface area contributed by atoms with E-state index in [1.165, 1.54) is 41.7 Å². The quantitative estimate of drug-likeness (QED) is 0.140. The molecular weight excluding hydrogens is 615 g/mol. The molecule has 0 radical (unpaired) electrons. The van der Waals surface area contributed by atoms with Crippen LogP contribution in [0.5, 0.6) is 0 Å². The molecule has 0 N–H and O–H groups in total. The molecule has 7 aromatic carbocycles. The molecule has 3 nitrogen and oxygen atoms in total. The third kappa shape index (κ3) is 3.92. The molecule has 0 saturated heterocycles. The standard InChI is InChI=1S/C45H25N3S/c1-2-9-29-25-37-34(44-33-13-4-3-12-32(33)41-39(48-44)22-20-35-31-11-5-6-14-40(31)49-45(35)41)19-18-30(36(37)24-28(29)8-1)38-21-17-27-16-15-26-10-7-23-46-42(26)43(27)47-38/h1-25H. The van der Waals surface area contributed by atoms with Crippen molar-refractivity contribution < 1.29 is 0 Å². The summed E-state index contributed by atoms with van der Waals surface area (Å²) >= 11 is 1.86. The highest BCUT2D eigenvalue weighted by molar-refractivity contribution is 7.26. The number of hydrogen-bond donors (Lipinski definition) is 0. The Morgan fingerprint density at radius 1 is 0.429 bits per heavy atom. The number of benzene rings is 7. The Labute approximate surface area is 284 Å². The molecule has 4 heteroatoms. The Morgan fingerprint density at radius 2 is 1.10 bits per heavy atom. The van der Waals surface area contributed by atoms with Gasteiger partial charge in [-0.05, 0) is 63.3 Å². The molecule has 0 aliphatic carbocycles. The number of thiophene rings is 1. The maximum Gasteiger partial charge on any atom is 0.0972 e. The average molecular weight is 640 g/mol. The van der Waals surface area contributed by atoms with Crippen molar-refractivity contribution in [3.05, 3.63) is 152 Å². The maximum absolute atomic E-state index is 5.48. The van der Waals surface area contributed by atoms with E-state index in [2.05, 4.69) is 140 Å². The van der Waals surface area contributed by atoms with Gasteiger partial charge in [0.15, 0.2) is 0 Å². The molecule has 4 heterocycles.